The SMILES string of the molecule is Cc1ccc([N+](=O)[O-])c(OCCC(C)(C)C#N)c1. The minimum Gasteiger partial charge on any atom is -0.487 e. The summed E-state index contributed by atoms with van der Waals surface area (Å²) in [6.07, 6.45) is 0.522. The minimum atomic E-state index is -0.487. The molecule has 0 saturated heterocycles. The van der Waals surface area contributed by atoms with Crippen molar-refractivity contribution in [2.45, 2.75) is 27.2 Å². The van der Waals surface area contributed by atoms with E-state index in [9.17, 15) is 10.1 Å². The van der Waals surface area contributed by atoms with Gasteiger partial charge in [0.25, 0.3) is 0 Å². The molecule has 0 aliphatic carbocycles. The number of nitrogens with zero attached hydrogens (tertiary/aromatic N) is 2. The summed E-state index contributed by atoms with van der Waals surface area (Å²) >= 11 is 0. The summed E-state index contributed by atoms with van der Waals surface area (Å²) in [6, 6.07) is 6.90. The number of nitro groups is 1. The molecule has 1 aromatic rings. The number of hydrogen-bond acceptors (Lipinski definition) is 4. The minimum absolute atomic E-state index is 0.0460. The van der Waals surface area contributed by atoms with Crippen molar-refractivity contribution in [2.75, 3.05) is 6.61 Å². The average Bonchev–Trinajstić information content (AvgIpc) is 2.28. The van der Waals surface area contributed by atoms with Crippen molar-refractivity contribution in [3.8, 4) is 11.8 Å². The van der Waals surface area contributed by atoms with E-state index < -0.39 is 10.3 Å². The lowest BCUT2D eigenvalue weighted by molar-refractivity contribution is -0.385. The summed E-state index contributed by atoms with van der Waals surface area (Å²) in [7, 11) is 0. The number of nitriles is 1. The van der Waals surface area contributed by atoms with Crippen LogP contribution in [0.5, 0.6) is 5.75 Å². The molecular weight excluding hydrogens is 232 g/mol. The zero-order valence-corrected chi connectivity index (χ0v) is 10.8. The van der Waals surface area contributed by atoms with Gasteiger partial charge in [0.05, 0.1) is 23.0 Å². The van der Waals surface area contributed by atoms with Gasteiger partial charge in [-0.15, -0.1) is 0 Å². The molecule has 0 radical (unpaired) electrons. The van der Waals surface area contributed by atoms with Gasteiger partial charge >= 0.3 is 5.69 Å². The van der Waals surface area contributed by atoms with E-state index in [-0.39, 0.29) is 18.0 Å². The monoisotopic (exact) mass is 248 g/mol. The second kappa shape index (κ2) is 5.50. The van der Waals surface area contributed by atoms with Crippen LogP contribution >= 0.6 is 0 Å². The third-order valence-electron chi connectivity index (χ3n) is 2.60. The molecule has 0 N–H and O–H groups in total. The van der Waals surface area contributed by atoms with Gasteiger partial charge in [-0.25, -0.2) is 0 Å². The normalized spacial score (nSPS) is 10.8. The van der Waals surface area contributed by atoms with Crippen LogP contribution in [0.25, 0.3) is 0 Å². The van der Waals surface area contributed by atoms with Crippen LogP contribution in [-0.4, -0.2) is 11.5 Å². The summed E-state index contributed by atoms with van der Waals surface area (Å²) < 4.78 is 5.42. The molecule has 5 nitrogen and oxygen atoms in total. The quantitative estimate of drug-likeness (QED) is 0.592. The van der Waals surface area contributed by atoms with Crippen LogP contribution < -0.4 is 4.74 Å². The molecule has 18 heavy (non-hydrogen) atoms. The van der Waals surface area contributed by atoms with Gasteiger partial charge in [-0.1, -0.05) is 6.07 Å². The summed E-state index contributed by atoms with van der Waals surface area (Å²) in [4.78, 5) is 10.4. The summed E-state index contributed by atoms with van der Waals surface area (Å²) in [6.45, 7) is 5.74. The Kier molecular flexibility index (Phi) is 4.27. The molecule has 0 amide bonds. The fourth-order valence-corrected chi connectivity index (χ4v) is 1.36. The Morgan fingerprint density at radius 1 is 1.50 bits per heavy atom. The Morgan fingerprint density at radius 3 is 2.72 bits per heavy atom. The Balaban J connectivity index is 2.76. The Hall–Kier alpha value is -2.09. The van der Waals surface area contributed by atoms with Gasteiger partial charge in [0, 0.05) is 6.07 Å². The Bertz CT molecular complexity index is 489. The summed E-state index contributed by atoms with van der Waals surface area (Å²) in [5.74, 6) is 0.258. The summed E-state index contributed by atoms with van der Waals surface area (Å²) in [5.41, 5.74) is 0.365. The van der Waals surface area contributed by atoms with Crippen molar-refractivity contribution in [1.82, 2.24) is 0 Å². The van der Waals surface area contributed by atoms with Crippen LogP contribution in [0.1, 0.15) is 25.8 Å². The molecule has 1 rings (SSSR count). The van der Waals surface area contributed by atoms with Crippen molar-refractivity contribution >= 4 is 5.69 Å². The number of hydrogen-bond donors (Lipinski definition) is 0. The molecule has 0 heterocycles. The molecule has 96 valence electrons. The maximum atomic E-state index is 10.8. The molecule has 0 fully saturated rings. The highest BCUT2D eigenvalue weighted by molar-refractivity contribution is 5.48. The van der Waals surface area contributed by atoms with Crippen molar-refractivity contribution < 1.29 is 9.66 Å². The van der Waals surface area contributed by atoms with Gasteiger partial charge in [0.15, 0.2) is 5.75 Å². The van der Waals surface area contributed by atoms with Crippen LogP contribution in [0.15, 0.2) is 18.2 Å². The third-order valence-corrected chi connectivity index (χ3v) is 2.60. The maximum absolute atomic E-state index is 10.8. The molecule has 0 atom stereocenters. The van der Waals surface area contributed by atoms with Crippen LogP contribution in [0, 0.1) is 33.8 Å². The zero-order chi connectivity index (χ0) is 13.8. The van der Waals surface area contributed by atoms with E-state index in [0.717, 1.165) is 5.56 Å². The zero-order valence-electron chi connectivity index (χ0n) is 10.8. The van der Waals surface area contributed by atoms with Crippen molar-refractivity contribution in [3.05, 3.63) is 33.9 Å². The maximum Gasteiger partial charge on any atom is 0.310 e. The highest BCUT2D eigenvalue weighted by Crippen LogP contribution is 2.28. The van der Waals surface area contributed by atoms with Crippen molar-refractivity contribution in [2.24, 2.45) is 5.41 Å². The van der Waals surface area contributed by atoms with Gasteiger partial charge in [-0.2, -0.15) is 5.26 Å². The van der Waals surface area contributed by atoms with Crippen LogP contribution in [0.3, 0.4) is 0 Å². The molecule has 0 aliphatic rings. The first-order valence-electron chi connectivity index (χ1n) is 5.65. The second-order valence-corrected chi connectivity index (χ2v) is 4.82. The fourth-order valence-electron chi connectivity index (χ4n) is 1.36. The van der Waals surface area contributed by atoms with Crippen LogP contribution in [0.4, 0.5) is 5.69 Å². The number of aryl methyl sites for hydroxylation is 1. The van der Waals surface area contributed by atoms with Crippen molar-refractivity contribution in [1.29, 1.82) is 5.26 Å². The van der Waals surface area contributed by atoms with Gasteiger partial charge in [0.1, 0.15) is 0 Å². The van der Waals surface area contributed by atoms with E-state index in [2.05, 4.69) is 6.07 Å². The average molecular weight is 248 g/mol. The van der Waals surface area contributed by atoms with Gasteiger partial charge in [-0.3, -0.25) is 10.1 Å². The van der Waals surface area contributed by atoms with E-state index >= 15 is 0 Å². The fraction of sp³-hybridized carbons (Fsp3) is 0.462. The molecule has 0 aromatic heterocycles. The van der Waals surface area contributed by atoms with Gasteiger partial charge in [-0.05, 0) is 38.8 Å². The number of benzene rings is 1. The Labute approximate surface area is 106 Å². The first-order chi connectivity index (χ1) is 8.35. The third kappa shape index (κ3) is 3.74. The first-order valence-corrected chi connectivity index (χ1v) is 5.65. The number of ether oxygens (including phenoxy) is 1. The molecule has 5 heteroatoms. The van der Waals surface area contributed by atoms with E-state index in [1.165, 1.54) is 6.07 Å². The van der Waals surface area contributed by atoms with Crippen molar-refractivity contribution in [3.63, 3.8) is 0 Å². The molecule has 0 unspecified atom stereocenters. The second-order valence-electron chi connectivity index (χ2n) is 4.82. The van der Waals surface area contributed by atoms with Crippen LogP contribution in [-0.2, 0) is 0 Å². The van der Waals surface area contributed by atoms with E-state index in [1.54, 1.807) is 26.0 Å². The van der Waals surface area contributed by atoms with Gasteiger partial charge < -0.3 is 4.74 Å². The lowest BCUT2D eigenvalue weighted by Gasteiger charge is -2.15. The highest BCUT2D eigenvalue weighted by Gasteiger charge is 2.19. The molecular formula is C13H16N2O3. The standard InChI is InChI=1S/C13H16N2O3/c1-10-4-5-11(15(16)17)12(8-10)18-7-6-13(2,3)9-14/h4-5,8H,6-7H2,1-3H3. The molecule has 0 bridgehead atoms. The van der Waals surface area contributed by atoms with E-state index in [1.807, 2.05) is 6.92 Å². The Morgan fingerprint density at radius 2 is 2.17 bits per heavy atom. The topological polar surface area (TPSA) is 76.2 Å². The molecule has 0 aliphatic heterocycles. The molecule has 0 saturated carbocycles. The largest absolute Gasteiger partial charge is 0.487 e. The van der Waals surface area contributed by atoms with E-state index in [4.69, 9.17) is 10.00 Å². The summed E-state index contributed by atoms with van der Waals surface area (Å²) in [5, 5.41) is 19.7. The lowest BCUT2D eigenvalue weighted by atomic mass is 9.92. The van der Waals surface area contributed by atoms with E-state index in [0.29, 0.717) is 6.42 Å². The first kappa shape index (κ1) is 14.0. The predicted octanol–water partition coefficient (Wildman–Crippen LogP) is 3.22. The van der Waals surface area contributed by atoms with Gasteiger partial charge in [0.2, 0.25) is 0 Å². The molecule has 1 aromatic carbocycles. The number of nitro benzene ring substituents is 1. The molecule has 0 spiro atoms. The highest BCUT2D eigenvalue weighted by atomic mass is 16.6. The smallest absolute Gasteiger partial charge is 0.310 e. The lowest BCUT2D eigenvalue weighted by Crippen LogP contribution is -2.13. The number of rotatable bonds is 5. The predicted molar refractivity (Wildman–Crippen MR) is 67.3 cm³/mol. The van der Waals surface area contributed by atoms with Crippen LogP contribution in [0.2, 0.25) is 0 Å².